The standard InChI is InChI=1S/C15H16F3N7O2/c1-8-6-11(13(26)25(8)7-12-21-23-24-22-12)20-14(27)19-10-4-2-9(3-5-10)15(16,17)18/h2-5,8,11H,6-7H2,1H3,(H2,19,20,27)(H,21,22,23,24)/t8?,11-/m0/s1. The summed E-state index contributed by atoms with van der Waals surface area (Å²) in [6.45, 7) is 1.99. The normalized spacial score (nSPS) is 20.0. The van der Waals surface area contributed by atoms with Gasteiger partial charge in [-0.3, -0.25) is 4.79 Å². The number of tetrazole rings is 1. The molecule has 1 unspecified atom stereocenters. The lowest BCUT2D eigenvalue weighted by molar-refractivity contribution is -0.137. The molecule has 2 atom stereocenters. The molecule has 1 saturated heterocycles. The molecule has 3 N–H and O–H groups in total. The number of rotatable bonds is 4. The smallest absolute Gasteiger partial charge is 0.330 e. The number of aromatic amines is 1. The number of halogens is 3. The van der Waals surface area contributed by atoms with E-state index in [2.05, 4.69) is 31.3 Å². The first-order valence-corrected chi connectivity index (χ1v) is 8.01. The van der Waals surface area contributed by atoms with E-state index < -0.39 is 23.8 Å². The Balaban J connectivity index is 1.57. The van der Waals surface area contributed by atoms with Gasteiger partial charge in [-0.15, -0.1) is 10.2 Å². The highest BCUT2D eigenvalue weighted by atomic mass is 19.4. The second kappa shape index (κ2) is 7.21. The molecule has 1 aromatic heterocycles. The van der Waals surface area contributed by atoms with E-state index >= 15 is 0 Å². The van der Waals surface area contributed by atoms with Gasteiger partial charge in [-0.05, 0) is 37.6 Å². The number of amides is 3. The summed E-state index contributed by atoms with van der Waals surface area (Å²) < 4.78 is 37.6. The van der Waals surface area contributed by atoms with Gasteiger partial charge in [-0.2, -0.15) is 18.4 Å². The van der Waals surface area contributed by atoms with Crippen LogP contribution in [0.5, 0.6) is 0 Å². The van der Waals surface area contributed by atoms with E-state index in [1.54, 1.807) is 0 Å². The molecule has 2 heterocycles. The SMILES string of the molecule is CC1C[C@H](NC(=O)Nc2ccc(C(F)(F)F)cc2)C(=O)N1Cc1nn[nH]n1. The zero-order valence-corrected chi connectivity index (χ0v) is 14.1. The van der Waals surface area contributed by atoms with Crippen molar-refractivity contribution < 1.29 is 22.8 Å². The van der Waals surface area contributed by atoms with Gasteiger partial charge < -0.3 is 15.5 Å². The number of hydrogen-bond donors (Lipinski definition) is 3. The third kappa shape index (κ3) is 4.33. The minimum atomic E-state index is -4.45. The lowest BCUT2D eigenvalue weighted by atomic mass is 10.2. The molecule has 27 heavy (non-hydrogen) atoms. The maximum atomic E-state index is 12.5. The van der Waals surface area contributed by atoms with Crippen LogP contribution < -0.4 is 10.6 Å². The van der Waals surface area contributed by atoms with Crippen LogP contribution in [0.3, 0.4) is 0 Å². The Bertz CT molecular complexity index is 808. The number of hydrogen-bond acceptors (Lipinski definition) is 5. The largest absolute Gasteiger partial charge is 0.416 e. The summed E-state index contributed by atoms with van der Waals surface area (Å²) in [6.07, 6.45) is -4.06. The summed E-state index contributed by atoms with van der Waals surface area (Å²) >= 11 is 0. The first kappa shape index (κ1) is 18.6. The van der Waals surface area contributed by atoms with E-state index in [0.717, 1.165) is 24.3 Å². The van der Waals surface area contributed by atoms with Crippen molar-refractivity contribution in [3.63, 3.8) is 0 Å². The van der Waals surface area contributed by atoms with Gasteiger partial charge in [0.25, 0.3) is 0 Å². The summed E-state index contributed by atoms with van der Waals surface area (Å²) in [5, 5.41) is 18.3. The number of likely N-dealkylation sites (tertiary alicyclic amines) is 1. The molecule has 1 aliphatic rings. The molecule has 1 fully saturated rings. The topological polar surface area (TPSA) is 116 Å². The number of aromatic nitrogens is 4. The van der Waals surface area contributed by atoms with Crippen molar-refractivity contribution in [1.82, 2.24) is 30.8 Å². The molecule has 0 bridgehead atoms. The first-order valence-electron chi connectivity index (χ1n) is 8.01. The average molecular weight is 383 g/mol. The van der Waals surface area contributed by atoms with E-state index in [9.17, 15) is 22.8 Å². The van der Waals surface area contributed by atoms with Crippen LogP contribution in [0.25, 0.3) is 0 Å². The molecule has 0 aliphatic carbocycles. The Kier molecular flexibility index (Phi) is 4.97. The van der Waals surface area contributed by atoms with Crippen molar-refractivity contribution >= 4 is 17.6 Å². The second-order valence-electron chi connectivity index (χ2n) is 6.11. The van der Waals surface area contributed by atoms with Crippen molar-refractivity contribution in [2.45, 2.75) is 38.1 Å². The van der Waals surface area contributed by atoms with Crippen LogP contribution in [0.4, 0.5) is 23.7 Å². The van der Waals surface area contributed by atoms with Crippen molar-refractivity contribution in [2.24, 2.45) is 0 Å². The van der Waals surface area contributed by atoms with Gasteiger partial charge in [-0.25, -0.2) is 4.79 Å². The lowest BCUT2D eigenvalue weighted by Gasteiger charge is -2.19. The Labute approximate surface area is 151 Å². The molecule has 9 nitrogen and oxygen atoms in total. The number of benzene rings is 1. The van der Waals surface area contributed by atoms with E-state index in [4.69, 9.17) is 0 Å². The van der Waals surface area contributed by atoms with Crippen molar-refractivity contribution in [3.05, 3.63) is 35.7 Å². The summed E-state index contributed by atoms with van der Waals surface area (Å²) in [7, 11) is 0. The molecular formula is C15H16F3N7O2. The van der Waals surface area contributed by atoms with Crippen LogP contribution in [-0.4, -0.2) is 49.5 Å². The summed E-state index contributed by atoms with van der Waals surface area (Å²) in [5.41, 5.74) is -0.631. The predicted molar refractivity (Wildman–Crippen MR) is 86.2 cm³/mol. The maximum Gasteiger partial charge on any atom is 0.416 e. The van der Waals surface area contributed by atoms with Gasteiger partial charge in [-0.1, -0.05) is 5.21 Å². The fourth-order valence-corrected chi connectivity index (χ4v) is 2.81. The van der Waals surface area contributed by atoms with E-state index in [1.165, 1.54) is 4.90 Å². The highest BCUT2D eigenvalue weighted by Gasteiger charge is 2.38. The quantitative estimate of drug-likeness (QED) is 0.741. The second-order valence-corrected chi connectivity index (χ2v) is 6.11. The third-order valence-electron chi connectivity index (χ3n) is 4.17. The van der Waals surface area contributed by atoms with Crippen molar-refractivity contribution in [3.8, 4) is 0 Å². The molecule has 0 spiro atoms. The van der Waals surface area contributed by atoms with Crippen LogP contribution in [0, 0.1) is 0 Å². The number of H-pyrrole nitrogens is 1. The molecule has 3 amide bonds. The monoisotopic (exact) mass is 383 g/mol. The summed E-state index contributed by atoms with van der Waals surface area (Å²) in [4.78, 5) is 26.1. The fraction of sp³-hybridized carbons (Fsp3) is 0.400. The number of anilines is 1. The molecular weight excluding hydrogens is 367 g/mol. The molecule has 0 radical (unpaired) electrons. The Morgan fingerprint density at radius 1 is 1.33 bits per heavy atom. The summed E-state index contributed by atoms with van der Waals surface area (Å²) in [6, 6.07) is 2.44. The van der Waals surface area contributed by atoms with E-state index in [1.807, 2.05) is 6.92 Å². The number of urea groups is 1. The molecule has 0 saturated carbocycles. The zero-order valence-electron chi connectivity index (χ0n) is 14.1. The van der Waals surface area contributed by atoms with Gasteiger partial charge in [0, 0.05) is 11.7 Å². The number of nitrogens with zero attached hydrogens (tertiary/aromatic N) is 4. The molecule has 12 heteroatoms. The highest BCUT2D eigenvalue weighted by molar-refractivity contribution is 5.94. The predicted octanol–water partition coefficient (Wildman–Crippen LogP) is 1.53. The first-order chi connectivity index (χ1) is 12.7. The van der Waals surface area contributed by atoms with Crippen LogP contribution in [0.2, 0.25) is 0 Å². The number of carbonyl (C=O) groups is 2. The van der Waals surface area contributed by atoms with Gasteiger partial charge in [0.15, 0.2) is 5.82 Å². The minimum absolute atomic E-state index is 0.146. The van der Waals surface area contributed by atoms with Crippen molar-refractivity contribution in [2.75, 3.05) is 5.32 Å². The van der Waals surface area contributed by atoms with Crippen LogP contribution >= 0.6 is 0 Å². The molecule has 144 valence electrons. The molecule has 1 aliphatic heterocycles. The van der Waals surface area contributed by atoms with Crippen LogP contribution in [0.1, 0.15) is 24.7 Å². The van der Waals surface area contributed by atoms with Crippen molar-refractivity contribution in [1.29, 1.82) is 0 Å². The van der Waals surface area contributed by atoms with Gasteiger partial charge >= 0.3 is 12.2 Å². The maximum absolute atomic E-state index is 12.5. The van der Waals surface area contributed by atoms with Gasteiger partial charge in [0.05, 0.1) is 12.1 Å². The number of alkyl halides is 3. The zero-order chi connectivity index (χ0) is 19.6. The van der Waals surface area contributed by atoms with Crippen LogP contribution in [0.15, 0.2) is 24.3 Å². The average Bonchev–Trinajstić information content (AvgIpc) is 3.19. The molecule has 1 aromatic carbocycles. The van der Waals surface area contributed by atoms with Gasteiger partial charge in [0.2, 0.25) is 5.91 Å². The Morgan fingerprint density at radius 3 is 2.63 bits per heavy atom. The van der Waals surface area contributed by atoms with E-state index in [-0.39, 0.29) is 24.2 Å². The third-order valence-corrected chi connectivity index (χ3v) is 4.17. The number of carbonyl (C=O) groups excluding carboxylic acids is 2. The van der Waals surface area contributed by atoms with E-state index in [0.29, 0.717) is 12.2 Å². The van der Waals surface area contributed by atoms with Crippen LogP contribution in [-0.2, 0) is 17.5 Å². The van der Waals surface area contributed by atoms with Gasteiger partial charge in [0.1, 0.15) is 6.04 Å². The molecule has 2 aromatic rings. The Hall–Kier alpha value is -3.18. The fourth-order valence-electron chi connectivity index (χ4n) is 2.81. The molecule has 3 rings (SSSR count). The number of nitrogens with one attached hydrogen (secondary N) is 3. The Morgan fingerprint density at radius 2 is 2.04 bits per heavy atom. The summed E-state index contributed by atoms with van der Waals surface area (Å²) in [5.74, 6) is 0.0555. The highest BCUT2D eigenvalue weighted by Crippen LogP contribution is 2.29. The lowest BCUT2D eigenvalue weighted by Crippen LogP contribution is -2.43. The minimum Gasteiger partial charge on any atom is -0.330 e.